The number of carbonyl (C=O) groups excluding carboxylic acids is 1. The van der Waals surface area contributed by atoms with Crippen molar-refractivity contribution in [2.75, 3.05) is 18.0 Å². The zero-order valence-electron chi connectivity index (χ0n) is 17.7. The van der Waals surface area contributed by atoms with Crippen molar-refractivity contribution < 1.29 is 4.79 Å². The van der Waals surface area contributed by atoms with Crippen LogP contribution in [0.25, 0.3) is 0 Å². The van der Waals surface area contributed by atoms with Gasteiger partial charge < -0.3 is 10.6 Å². The monoisotopic (exact) mass is 413 g/mol. The van der Waals surface area contributed by atoms with Crippen LogP contribution in [0, 0.1) is 19.8 Å². The van der Waals surface area contributed by atoms with Crippen LogP contribution in [-0.4, -0.2) is 34.5 Å². The molecule has 1 aliphatic rings. The predicted octanol–water partition coefficient (Wildman–Crippen LogP) is 3.87. The lowest BCUT2D eigenvalue weighted by atomic mass is 9.93. The van der Waals surface area contributed by atoms with Gasteiger partial charge in [0.15, 0.2) is 0 Å². The number of rotatable bonds is 7. The second-order valence-electron chi connectivity index (χ2n) is 8.40. The fourth-order valence-corrected chi connectivity index (χ4v) is 4.66. The topological polar surface area (TPSA) is 84.1 Å². The van der Waals surface area contributed by atoms with Gasteiger partial charge in [0.25, 0.3) is 5.91 Å². The van der Waals surface area contributed by atoms with Gasteiger partial charge in [0.05, 0.1) is 5.56 Å². The van der Waals surface area contributed by atoms with Crippen LogP contribution in [0.4, 0.5) is 5.82 Å². The van der Waals surface area contributed by atoms with E-state index in [0.29, 0.717) is 11.5 Å². The Bertz CT molecular complexity index is 870. The van der Waals surface area contributed by atoms with E-state index in [1.807, 2.05) is 44.2 Å². The van der Waals surface area contributed by atoms with E-state index in [1.165, 1.54) is 11.9 Å². The van der Waals surface area contributed by atoms with Gasteiger partial charge in [-0.15, -0.1) is 0 Å². The Balaban J connectivity index is 1.81. The molecule has 3 N–H and O–H groups in total. The molecule has 1 aliphatic heterocycles. The van der Waals surface area contributed by atoms with Gasteiger partial charge in [0.1, 0.15) is 10.8 Å². The minimum Gasteiger partial charge on any atom is -0.351 e. The van der Waals surface area contributed by atoms with E-state index < -0.39 is 0 Å². The number of nitrogens with zero attached hydrogens (tertiary/aromatic N) is 3. The first kappa shape index (κ1) is 21.6. The van der Waals surface area contributed by atoms with Crippen LogP contribution >= 0.6 is 11.9 Å². The van der Waals surface area contributed by atoms with Crippen LogP contribution in [-0.2, 0) is 0 Å². The molecule has 0 spiro atoms. The highest BCUT2D eigenvalue weighted by Gasteiger charge is 2.40. The highest BCUT2D eigenvalue weighted by molar-refractivity contribution is 7.97. The Kier molecular flexibility index (Phi) is 6.80. The van der Waals surface area contributed by atoms with Crippen molar-refractivity contribution in [3.8, 4) is 0 Å². The van der Waals surface area contributed by atoms with Crippen LogP contribution in [0.1, 0.15) is 54.9 Å². The van der Waals surface area contributed by atoms with E-state index in [-0.39, 0.29) is 11.4 Å². The summed E-state index contributed by atoms with van der Waals surface area (Å²) < 4.78 is 2.93. The Morgan fingerprint density at radius 3 is 2.72 bits per heavy atom. The fraction of sp³-hybridized carbons (Fsp3) is 0.500. The van der Waals surface area contributed by atoms with E-state index in [0.717, 1.165) is 54.6 Å². The van der Waals surface area contributed by atoms with Crippen molar-refractivity contribution in [3.63, 3.8) is 0 Å². The summed E-state index contributed by atoms with van der Waals surface area (Å²) >= 11 is 1.23. The number of aromatic nitrogens is 2. The van der Waals surface area contributed by atoms with Crippen LogP contribution in [0.3, 0.4) is 0 Å². The lowest BCUT2D eigenvalue weighted by molar-refractivity contribution is 0.0984. The normalized spacial score (nSPS) is 18.1. The second-order valence-corrected chi connectivity index (χ2v) is 9.22. The molecule has 0 aromatic carbocycles. The lowest BCUT2D eigenvalue weighted by Gasteiger charge is -2.33. The number of hydrogen-bond donors (Lipinski definition) is 2. The molecule has 1 unspecified atom stereocenters. The van der Waals surface area contributed by atoms with Gasteiger partial charge >= 0.3 is 0 Å². The Morgan fingerprint density at radius 1 is 1.24 bits per heavy atom. The number of amides is 1. The van der Waals surface area contributed by atoms with Crippen molar-refractivity contribution in [2.45, 2.75) is 57.5 Å². The van der Waals surface area contributed by atoms with E-state index >= 15 is 0 Å². The maximum Gasteiger partial charge on any atom is 0.265 e. The Morgan fingerprint density at radius 2 is 2.00 bits per heavy atom. The first-order valence-electron chi connectivity index (χ1n) is 10.2. The highest BCUT2D eigenvalue weighted by atomic mass is 32.2. The summed E-state index contributed by atoms with van der Waals surface area (Å²) in [5.74, 6) is 1.18. The van der Waals surface area contributed by atoms with Crippen molar-refractivity contribution in [1.29, 1.82) is 0 Å². The number of carbonyl (C=O) groups is 1. The average molecular weight is 414 g/mol. The van der Waals surface area contributed by atoms with Crippen molar-refractivity contribution in [3.05, 3.63) is 47.3 Å². The van der Waals surface area contributed by atoms with Gasteiger partial charge in [0.2, 0.25) is 0 Å². The number of nitrogens with one attached hydrogen (secondary N) is 1. The molecule has 3 heterocycles. The second kappa shape index (κ2) is 9.13. The van der Waals surface area contributed by atoms with Crippen LogP contribution in [0.15, 0.2) is 35.4 Å². The van der Waals surface area contributed by atoms with Gasteiger partial charge in [-0.3, -0.25) is 9.52 Å². The number of hydrogen-bond acceptors (Lipinski definition) is 6. The molecular weight excluding hydrogens is 382 g/mol. The minimum absolute atomic E-state index is 0.0552. The molecule has 29 heavy (non-hydrogen) atoms. The van der Waals surface area contributed by atoms with E-state index in [4.69, 9.17) is 10.7 Å². The summed E-state index contributed by atoms with van der Waals surface area (Å²) in [6.07, 6.45) is 3.22. The predicted molar refractivity (Wildman–Crippen MR) is 119 cm³/mol. The number of nitrogens with two attached hydrogens (primary N) is 1. The lowest BCUT2D eigenvalue weighted by Crippen LogP contribution is -2.40. The molecule has 0 radical (unpaired) electrons. The van der Waals surface area contributed by atoms with Crippen LogP contribution < -0.4 is 15.4 Å². The van der Waals surface area contributed by atoms with E-state index in [9.17, 15) is 4.79 Å². The summed E-state index contributed by atoms with van der Waals surface area (Å²) in [5.41, 5.74) is 8.08. The largest absolute Gasteiger partial charge is 0.351 e. The third-order valence-electron chi connectivity index (χ3n) is 5.40. The molecule has 2 aromatic rings. The van der Waals surface area contributed by atoms with Crippen LogP contribution in [0.2, 0.25) is 0 Å². The standard InChI is InChI=1S/C22H31N5OS/c1-15-7-5-9-19(24-15)29-26-21(28)18-11-10-16(2)25-20(18)27-14-17(8-6-12-23)13-22(27,3)4/h5,7,9-11,17H,6,8,12-14,23H2,1-4H3,(H,26,28). The molecule has 0 aliphatic carbocycles. The summed E-state index contributed by atoms with van der Waals surface area (Å²) in [7, 11) is 0. The molecule has 1 atom stereocenters. The fourth-order valence-electron chi connectivity index (χ4n) is 4.01. The van der Waals surface area contributed by atoms with Gasteiger partial charge in [-0.05, 0) is 83.7 Å². The number of pyridine rings is 2. The summed E-state index contributed by atoms with van der Waals surface area (Å²) in [6.45, 7) is 9.98. The van der Waals surface area contributed by atoms with Crippen LogP contribution in [0.5, 0.6) is 0 Å². The van der Waals surface area contributed by atoms with Gasteiger partial charge in [-0.25, -0.2) is 9.97 Å². The molecule has 7 heteroatoms. The third kappa shape index (κ3) is 5.28. The molecular formula is C22H31N5OS. The molecule has 156 valence electrons. The Labute approximate surface area is 177 Å². The zero-order chi connectivity index (χ0) is 21.0. The van der Waals surface area contributed by atoms with E-state index in [2.05, 4.69) is 28.5 Å². The van der Waals surface area contributed by atoms with Gasteiger partial charge in [-0.2, -0.15) is 0 Å². The maximum absolute atomic E-state index is 13.0. The quantitative estimate of drug-likeness (QED) is 0.670. The highest BCUT2D eigenvalue weighted by Crippen LogP contribution is 2.39. The van der Waals surface area contributed by atoms with Crippen molar-refractivity contribution >= 4 is 23.7 Å². The van der Waals surface area contributed by atoms with Gasteiger partial charge in [0, 0.05) is 35.4 Å². The maximum atomic E-state index is 13.0. The van der Waals surface area contributed by atoms with E-state index in [1.54, 1.807) is 0 Å². The summed E-state index contributed by atoms with van der Waals surface area (Å²) in [6, 6.07) is 9.52. The summed E-state index contributed by atoms with van der Waals surface area (Å²) in [4.78, 5) is 24.5. The average Bonchev–Trinajstić information content (AvgIpc) is 2.98. The number of anilines is 1. The number of aryl methyl sites for hydroxylation is 2. The van der Waals surface area contributed by atoms with Gasteiger partial charge in [-0.1, -0.05) is 6.07 Å². The van der Waals surface area contributed by atoms with Crippen molar-refractivity contribution in [1.82, 2.24) is 14.7 Å². The minimum atomic E-state index is -0.151. The third-order valence-corrected chi connectivity index (χ3v) is 6.13. The molecule has 0 saturated carbocycles. The Hall–Kier alpha value is -2.12. The first-order chi connectivity index (χ1) is 13.8. The molecule has 1 amide bonds. The molecule has 1 fully saturated rings. The van der Waals surface area contributed by atoms with Crippen molar-refractivity contribution in [2.24, 2.45) is 11.7 Å². The molecule has 2 aromatic heterocycles. The first-order valence-corrected chi connectivity index (χ1v) is 11.0. The molecule has 6 nitrogen and oxygen atoms in total. The SMILES string of the molecule is Cc1cccc(SNC(=O)c2ccc(C)nc2N2CC(CCCN)CC2(C)C)n1. The zero-order valence-corrected chi connectivity index (χ0v) is 18.6. The molecule has 3 rings (SSSR count). The molecule has 1 saturated heterocycles. The summed E-state index contributed by atoms with van der Waals surface area (Å²) in [5, 5.41) is 0.767. The smallest absolute Gasteiger partial charge is 0.265 e. The molecule has 0 bridgehead atoms.